The van der Waals surface area contributed by atoms with E-state index in [4.69, 9.17) is 4.74 Å². The Hall–Kier alpha value is -2.21. The Bertz CT molecular complexity index is 781. The molecule has 0 N–H and O–H groups in total. The molecule has 2 heterocycles. The predicted molar refractivity (Wildman–Crippen MR) is 70.1 cm³/mol. The number of hydrogen-bond acceptors (Lipinski definition) is 4. The van der Waals surface area contributed by atoms with Crippen LogP contribution in [0.15, 0.2) is 46.7 Å². The maximum absolute atomic E-state index is 13.0. The van der Waals surface area contributed by atoms with Gasteiger partial charge < -0.3 is 4.74 Å². The van der Waals surface area contributed by atoms with E-state index in [-0.39, 0.29) is 18.0 Å². The molecule has 3 aromatic rings. The van der Waals surface area contributed by atoms with Crippen molar-refractivity contribution in [3.63, 3.8) is 0 Å². The molecule has 0 unspecified atom stereocenters. The van der Waals surface area contributed by atoms with Crippen LogP contribution < -0.4 is 10.3 Å². The second-order valence-electron chi connectivity index (χ2n) is 3.89. The molecule has 0 amide bonds. The van der Waals surface area contributed by atoms with E-state index in [2.05, 4.69) is 4.98 Å². The van der Waals surface area contributed by atoms with Gasteiger partial charge in [0.25, 0.3) is 5.56 Å². The van der Waals surface area contributed by atoms with Gasteiger partial charge in [-0.15, -0.1) is 11.3 Å². The standard InChI is InChI=1S/C13H9FN2O2S/c14-9-2-1-3-11(6-9)18-8-10-7-12(17)16-4-5-19-13(16)15-10/h1-7H,8H2. The van der Waals surface area contributed by atoms with E-state index in [0.29, 0.717) is 16.4 Å². The summed E-state index contributed by atoms with van der Waals surface area (Å²) in [5, 5.41) is 1.79. The van der Waals surface area contributed by atoms with E-state index in [1.165, 1.54) is 33.9 Å². The van der Waals surface area contributed by atoms with Crippen molar-refractivity contribution in [1.82, 2.24) is 9.38 Å². The fourth-order valence-corrected chi connectivity index (χ4v) is 2.41. The number of aromatic nitrogens is 2. The molecule has 0 radical (unpaired) electrons. The van der Waals surface area contributed by atoms with Crippen LogP contribution in [0.2, 0.25) is 0 Å². The summed E-state index contributed by atoms with van der Waals surface area (Å²) in [5.74, 6) is 0.0485. The highest BCUT2D eigenvalue weighted by Gasteiger charge is 2.04. The van der Waals surface area contributed by atoms with Gasteiger partial charge in [0.1, 0.15) is 18.2 Å². The molecule has 0 atom stereocenters. The maximum atomic E-state index is 13.0. The molecular formula is C13H9FN2O2S. The van der Waals surface area contributed by atoms with E-state index in [0.717, 1.165) is 0 Å². The van der Waals surface area contributed by atoms with Crippen molar-refractivity contribution >= 4 is 16.3 Å². The Morgan fingerprint density at radius 3 is 3.11 bits per heavy atom. The molecule has 3 rings (SSSR count). The molecule has 0 saturated heterocycles. The van der Waals surface area contributed by atoms with E-state index >= 15 is 0 Å². The van der Waals surface area contributed by atoms with Gasteiger partial charge in [0.05, 0.1) is 5.69 Å². The topological polar surface area (TPSA) is 43.6 Å². The van der Waals surface area contributed by atoms with E-state index in [1.54, 1.807) is 23.7 Å². The van der Waals surface area contributed by atoms with Gasteiger partial charge in [-0.3, -0.25) is 9.20 Å². The van der Waals surface area contributed by atoms with Crippen molar-refractivity contribution in [1.29, 1.82) is 0 Å². The van der Waals surface area contributed by atoms with Crippen LogP contribution in [-0.4, -0.2) is 9.38 Å². The Kier molecular flexibility index (Phi) is 3.00. The largest absolute Gasteiger partial charge is 0.487 e. The van der Waals surface area contributed by atoms with Gasteiger partial charge in [-0.2, -0.15) is 0 Å². The van der Waals surface area contributed by atoms with Gasteiger partial charge in [-0.05, 0) is 12.1 Å². The molecule has 0 aliphatic rings. The smallest absolute Gasteiger partial charge is 0.258 e. The van der Waals surface area contributed by atoms with Crippen LogP contribution >= 0.6 is 11.3 Å². The molecule has 0 spiro atoms. The number of hydrogen-bond donors (Lipinski definition) is 0. The highest BCUT2D eigenvalue weighted by atomic mass is 32.1. The van der Waals surface area contributed by atoms with Crippen LogP contribution in [0.4, 0.5) is 4.39 Å². The van der Waals surface area contributed by atoms with Gasteiger partial charge in [0.15, 0.2) is 4.96 Å². The van der Waals surface area contributed by atoms with Crippen molar-refractivity contribution in [3.05, 3.63) is 63.8 Å². The highest BCUT2D eigenvalue weighted by molar-refractivity contribution is 7.15. The average molecular weight is 276 g/mol. The Morgan fingerprint density at radius 1 is 1.37 bits per heavy atom. The first-order valence-electron chi connectivity index (χ1n) is 5.56. The number of ether oxygens (including phenoxy) is 1. The quantitative estimate of drug-likeness (QED) is 0.738. The number of thiazole rings is 1. The zero-order valence-electron chi connectivity index (χ0n) is 9.75. The molecule has 0 saturated carbocycles. The van der Waals surface area contributed by atoms with Crippen molar-refractivity contribution in [2.24, 2.45) is 0 Å². The Morgan fingerprint density at radius 2 is 2.26 bits per heavy atom. The minimum absolute atomic E-state index is 0.132. The third-order valence-corrected chi connectivity index (χ3v) is 3.30. The first-order chi connectivity index (χ1) is 9.22. The highest BCUT2D eigenvalue weighted by Crippen LogP contribution is 2.14. The van der Waals surface area contributed by atoms with Crippen molar-refractivity contribution in [2.45, 2.75) is 6.61 Å². The van der Waals surface area contributed by atoms with Gasteiger partial charge in [0, 0.05) is 23.7 Å². The van der Waals surface area contributed by atoms with Crippen LogP contribution in [0.25, 0.3) is 4.96 Å². The predicted octanol–water partition coefficient (Wildman–Crippen LogP) is 2.47. The number of halogens is 1. The summed E-state index contributed by atoms with van der Waals surface area (Å²) < 4.78 is 19.9. The lowest BCUT2D eigenvalue weighted by Crippen LogP contribution is -2.14. The molecular weight excluding hydrogens is 267 g/mol. The number of rotatable bonds is 3. The minimum atomic E-state index is -0.362. The van der Waals surface area contributed by atoms with Crippen LogP contribution in [-0.2, 0) is 6.61 Å². The van der Waals surface area contributed by atoms with Crippen molar-refractivity contribution in [3.8, 4) is 5.75 Å². The fourth-order valence-electron chi connectivity index (χ4n) is 1.68. The normalized spacial score (nSPS) is 10.8. The van der Waals surface area contributed by atoms with Crippen molar-refractivity contribution in [2.75, 3.05) is 0 Å². The summed E-state index contributed by atoms with van der Waals surface area (Å²) in [6, 6.07) is 7.26. The van der Waals surface area contributed by atoms with E-state index < -0.39 is 0 Å². The van der Waals surface area contributed by atoms with Crippen LogP contribution in [0.5, 0.6) is 5.75 Å². The summed E-state index contributed by atoms with van der Waals surface area (Å²) in [7, 11) is 0. The monoisotopic (exact) mass is 276 g/mol. The zero-order chi connectivity index (χ0) is 13.2. The average Bonchev–Trinajstić information content (AvgIpc) is 2.85. The molecule has 0 aliphatic carbocycles. The maximum Gasteiger partial charge on any atom is 0.258 e. The molecule has 0 fully saturated rings. The van der Waals surface area contributed by atoms with Crippen LogP contribution in [0.1, 0.15) is 5.69 Å². The molecule has 96 valence electrons. The van der Waals surface area contributed by atoms with Gasteiger partial charge in [-0.1, -0.05) is 6.07 Å². The zero-order valence-corrected chi connectivity index (χ0v) is 10.6. The molecule has 0 aliphatic heterocycles. The van der Waals surface area contributed by atoms with E-state index in [1.807, 2.05) is 0 Å². The van der Waals surface area contributed by atoms with Gasteiger partial charge in [0.2, 0.25) is 0 Å². The first-order valence-corrected chi connectivity index (χ1v) is 6.44. The third kappa shape index (κ3) is 2.48. The van der Waals surface area contributed by atoms with Gasteiger partial charge in [-0.25, -0.2) is 9.37 Å². The summed E-state index contributed by atoms with van der Waals surface area (Å²) >= 11 is 1.38. The third-order valence-electron chi connectivity index (χ3n) is 2.54. The lowest BCUT2D eigenvalue weighted by molar-refractivity contribution is 0.300. The molecule has 4 nitrogen and oxygen atoms in total. The SMILES string of the molecule is O=c1cc(COc2cccc(F)c2)nc2sccn12. The lowest BCUT2D eigenvalue weighted by atomic mass is 10.3. The fraction of sp³-hybridized carbons (Fsp3) is 0.0769. The molecule has 6 heteroatoms. The Labute approximate surface area is 111 Å². The molecule has 2 aromatic heterocycles. The van der Waals surface area contributed by atoms with E-state index in [9.17, 15) is 9.18 Å². The lowest BCUT2D eigenvalue weighted by Gasteiger charge is -2.05. The number of benzene rings is 1. The van der Waals surface area contributed by atoms with Crippen LogP contribution in [0, 0.1) is 5.82 Å². The Balaban J connectivity index is 1.83. The minimum Gasteiger partial charge on any atom is -0.487 e. The molecule has 19 heavy (non-hydrogen) atoms. The van der Waals surface area contributed by atoms with Gasteiger partial charge >= 0.3 is 0 Å². The first kappa shape index (κ1) is 11.9. The molecule has 0 bridgehead atoms. The summed E-state index contributed by atoms with van der Waals surface area (Å²) in [6.07, 6.45) is 1.67. The summed E-state index contributed by atoms with van der Waals surface area (Å²) in [4.78, 5) is 16.7. The molecule has 1 aromatic carbocycles. The van der Waals surface area contributed by atoms with Crippen molar-refractivity contribution < 1.29 is 9.13 Å². The summed E-state index contributed by atoms with van der Waals surface area (Å²) in [6.45, 7) is 0.132. The second kappa shape index (κ2) is 4.81. The van der Waals surface area contributed by atoms with Crippen LogP contribution in [0.3, 0.4) is 0 Å². The number of nitrogens with zero attached hydrogens (tertiary/aromatic N) is 2. The second-order valence-corrected chi connectivity index (χ2v) is 4.76. The summed E-state index contributed by atoms with van der Waals surface area (Å²) in [5.41, 5.74) is 0.376. The number of fused-ring (bicyclic) bond motifs is 1.